The van der Waals surface area contributed by atoms with E-state index in [0.29, 0.717) is 96.8 Å². The summed E-state index contributed by atoms with van der Waals surface area (Å²) < 4.78 is 91.6. The van der Waals surface area contributed by atoms with Gasteiger partial charge in [0.15, 0.2) is 5.78 Å². The van der Waals surface area contributed by atoms with Crippen LogP contribution in [0.3, 0.4) is 0 Å². The number of Topliss-reactive ketones (excluding diaryl/α,β-unsaturated/α-hetero) is 1. The quantitative estimate of drug-likeness (QED) is 0.0187. The van der Waals surface area contributed by atoms with Crippen molar-refractivity contribution in [3.63, 3.8) is 0 Å². The van der Waals surface area contributed by atoms with Crippen molar-refractivity contribution in [2.24, 2.45) is 0 Å². The molecule has 26 heteroatoms. The molecule has 13 aromatic rings. The lowest BCUT2D eigenvalue weighted by Crippen LogP contribution is -2.33. The fourth-order valence-corrected chi connectivity index (χ4v) is 15.0. The second-order valence-electron chi connectivity index (χ2n) is 31.0. The lowest BCUT2D eigenvalue weighted by Gasteiger charge is -2.22. The maximum absolute atomic E-state index is 14.2. The second-order valence-corrected chi connectivity index (χ2v) is 31.0. The van der Waals surface area contributed by atoms with Gasteiger partial charge in [-0.2, -0.15) is 0 Å². The van der Waals surface area contributed by atoms with Crippen LogP contribution in [0.1, 0.15) is 150 Å². The molecule has 1 aliphatic rings. The molecule has 0 aliphatic heterocycles. The molecule has 0 bridgehead atoms. The number of pyridine rings is 3. The smallest absolute Gasteiger partial charge is 0.407 e. The van der Waals surface area contributed by atoms with Gasteiger partial charge in [-0.25, -0.2) is 31.1 Å². The molecule has 3 atom stereocenters. The van der Waals surface area contributed by atoms with E-state index >= 15 is 0 Å². The van der Waals surface area contributed by atoms with Gasteiger partial charge in [0.05, 0.1) is 48.0 Å². The Balaban J connectivity index is 0.000000174. The number of allylic oxidation sites excluding steroid dienone is 1. The highest BCUT2D eigenvalue weighted by molar-refractivity contribution is 6.07. The molecule has 0 saturated carbocycles. The molecule has 7 N–H and O–H groups in total. The van der Waals surface area contributed by atoms with Gasteiger partial charge in [-0.05, 0) is 212 Å². The molecule has 0 saturated heterocycles. The topological polar surface area (TPSA) is 274 Å². The third kappa shape index (κ3) is 24.3. The molecule has 0 spiro atoms. The Hall–Kier alpha value is -15.0. The number of para-hydroxylation sites is 1. The average molecular weight is 1700 g/mol. The molecular formula is C100H91F6N11O9. The standard InChI is InChI=1S/C38H38F2N4O4.C33H28F2N4O3.C29H25F2N3O2/c1-38(2,3)48-37(47)43-22-23-10-13-31-26(15-23)11-12-27(31)20-34(45)44-33(18-24-16-29(39)21-30(40)17-24)35-32(9-6-14-42-35)25-7-5-8-28(19-25)36(46)41-4;1-20(40)28-18-39(30-11-4-3-9-27(28)30)19-31(41)38-29(15-21-13-24(34)17-25(35)14-21)32-26(10-6-12-37-32)22-7-5-8-23(16-22)33(42)36-2;1-32-29(36)22-10-5-9-21(17-22)25-11-6-12-33-28(25)26(15-20-13-23(30)18-24(31)14-20)34-27(35)16-19-7-3-2-4-8-19/h5-10,12-17,19,21,33H,11,18,20,22H2,1-4H3,(H,41,46)(H,43,47)(H,44,45);3-14,16-18,29H,15,19H2,1-2H3,(H,36,42)(H,38,41);2-14,17-18,26H,15-16H2,1H3,(H,32,36)(H,34,35)/t33-;29-;26-/m000/s1. The number of aromatic nitrogens is 4. The first kappa shape index (κ1) is 90.3. The van der Waals surface area contributed by atoms with Gasteiger partial charge < -0.3 is 46.5 Å². The number of ether oxygens (including phenoxy) is 1. The van der Waals surface area contributed by atoms with Crippen LogP contribution in [0.15, 0.2) is 267 Å². The molecule has 20 nitrogen and oxygen atoms in total. The van der Waals surface area contributed by atoms with Crippen LogP contribution in [0.4, 0.5) is 31.1 Å². The van der Waals surface area contributed by atoms with Crippen LogP contribution in [0.2, 0.25) is 0 Å². The Morgan fingerprint density at radius 3 is 1.25 bits per heavy atom. The van der Waals surface area contributed by atoms with Crippen LogP contribution in [0.5, 0.6) is 0 Å². The number of halogens is 6. The summed E-state index contributed by atoms with van der Waals surface area (Å²) in [5.74, 6) is -6.08. The third-order valence-electron chi connectivity index (χ3n) is 20.5. The predicted molar refractivity (Wildman–Crippen MR) is 470 cm³/mol. The summed E-state index contributed by atoms with van der Waals surface area (Å²) in [6.07, 6.45) is 9.02. The monoisotopic (exact) mass is 1700 g/mol. The molecule has 0 radical (unpaired) electrons. The van der Waals surface area contributed by atoms with Gasteiger partial charge in [-0.15, -0.1) is 0 Å². The fraction of sp³-hybridized carbons (Fsp3) is 0.190. The van der Waals surface area contributed by atoms with Crippen LogP contribution < -0.4 is 37.2 Å². The highest BCUT2D eigenvalue weighted by atomic mass is 19.2. The lowest BCUT2D eigenvalue weighted by molar-refractivity contribution is -0.122. The number of carbonyl (C=O) groups excluding carboxylic acids is 8. The molecule has 0 fully saturated rings. The minimum atomic E-state index is -0.785. The number of benzene rings is 9. The van der Waals surface area contributed by atoms with E-state index in [-0.39, 0.29) is 79.9 Å². The number of carbonyl (C=O) groups is 8. The van der Waals surface area contributed by atoms with Crippen molar-refractivity contribution < 1.29 is 69.4 Å². The maximum atomic E-state index is 14.2. The zero-order valence-electron chi connectivity index (χ0n) is 70.0. The van der Waals surface area contributed by atoms with Gasteiger partial charge in [0.2, 0.25) is 17.7 Å². The zero-order valence-corrected chi connectivity index (χ0v) is 70.0. The molecule has 9 aromatic carbocycles. The number of nitrogens with one attached hydrogen (secondary N) is 7. The van der Waals surface area contributed by atoms with Crippen LogP contribution in [-0.4, -0.2) is 93.6 Å². The largest absolute Gasteiger partial charge is 0.444 e. The van der Waals surface area contributed by atoms with Gasteiger partial charge in [-0.1, -0.05) is 127 Å². The normalized spacial score (nSPS) is 12.1. The third-order valence-corrected chi connectivity index (χ3v) is 20.5. The van der Waals surface area contributed by atoms with E-state index in [4.69, 9.17) is 4.74 Å². The number of ketones is 1. The Bertz CT molecular complexity index is 6190. The molecule has 4 aromatic heterocycles. The second kappa shape index (κ2) is 41.7. The molecule has 14 rings (SSSR count). The fourth-order valence-electron chi connectivity index (χ4n) is 15.0. The summed E-state index contributed by atoms with van der Waals surface area (Å²) in [6.45, 7) is 7.09. The highest BCUT2D eigenvalue weighted by Gasteiger charge is 2.29. The van der Waals surface area contributed by atoms with E-state index in [9.17, 15) is 64.7 Å². The van der Waals surface area contributed by atoms with E-state index in [1.807, 2.05) is 115 Å². The summed E-state index contributed by atoms with van der Waals surface area (Å²) in [5.41, 5.74) is 13.3. The van der Waals surface area contributed by atoms with Crippen molar-refractivity contribution in [1.82, 2.24) is 56.7 Å². The predicted octanol–water partition coefficient (Wildman–Crippen LogP) is 17.5. The van der Waals surface area contributed by atoms with Crippen molar-refractivity contribution >= 4 is 63.8 Å². The number of rotatable bonds is 27. The Labute approximate surface area is 724 Å². The number of hydrogen-bond donors (Lipinski definition) is 7. The molecule has 642 valence electrons. The molecular weight excluding hydrogens is 1610 g/mol. The van der Waals surface area contributed by atoms with E-state index < -0.39 is 64.7 Å². The van der Waals surface area contributed by atoms with E-state index in [2.05, 4.69) is 52.2 Å². The van der Waals surface area contributed by atoms with E-state index in [1.165, 1.54) is 43.3 Å². The SMILES string of the molecule is CNC(=O)c1cccc(-c2cccnc2[C@H](Cc2cc(F)cc(F)c2)NC(=O)CC2=CCc3cc(CNC(=O)OC(C)(C)C)ccc32)c1.CNC(=O)c1cccc(-c2cccnc2[C@H](Cc2cc(F)cc(F)c2)NC(=O)Cc2ccccc2)c1.CNC(=O)c1cccc(-c2cccnc2[C@H](Cc2cc(F)cc(F)c2)NC(=O)Cn2cc(C(C)=O)c3ccccc32)c1. The zero-order chi connectivity index (χ0) is 89.7. The van der Waals surface area contributed by atoms with Crippen molar-refractivity contribution in [3.05, 3.63) is 381 Å². The minimum absolute atomic E-state index is 0.0463. The lowest BCUT2D eigenvalue weighted by atomic mass is 9.94. The summed E-state index contributed by atoms with van der Waals surface area (Å²) in [5, 5.41) is 20.4. The first-order chi connectivity index (χ1) is 60.5. The number of amides is 7. The molecule has 1 aliphatic carbocycles. The van der Waals surface area contributed by atoms with Crippen molar-refractivity contribution in [2.45, 2.75) is 103 Å². The first-order valence-corrected chi connectivity index (χ1v) is 40.5. The van der Waals surface area contributed by atoms with Crippen LogP contribution in [0.25, 0.3) is 49.9 Å². The summed E-state index contributed by atoms with van der Waals surface area (Å²) >= 11 is 0. The number of fused-ring (bicyclic) bond motifs is 2. The number of hydrogen-bond acceptors (Lipinski definition) is 12. The van der Waals surface area contributed by atoms with Gasteiger partial charge >= 0.3 is 6.09 Å². The molecule has 7 amide bonds. The van der Waals surface area contributed by atoms with Crippen molar-refractivity contribution in [1.29, 1.82) is 0 Å². The summed E-state index contributed by atoms with van der Waals surface area (Å²) in [4.78, 5) is 115. The van der Waals surface area contributed by atoms with Crippen molar-refractivity contribution in [2.75, 3.05) is 21.1 Å². The summed E-state index contributed by atoms with van der Waals surface area (Å²) in [6, 6.07) is 61.8. The van der Waals surface area contributed by atoms with Crippen LogP contribution in [0, 0.1) is 34.9 Å². The minimum Gasteiger partial charge on any atom is -0.444 e. The Morgan fingerprint density at radius 1 is 0.421 bits per heavy atom. The molecule has 0 unspecified atom stereocenters. The first-order valence-electron chi connectivity index (χ1n) is 40.5. The Morgan fingerprint density at radius 2 is 0.833 bits per heavy atom. The average Bonchev–Trinajstić information content (AvgIpc) is 1.75. The van der Waals surface area contributed by atoms with Gasteiger partial charge in [-0.3, -0.25) is 48.5 Å². The maximum Gasteiger partial charge on any atom is 0.407 e. The van der Waals surface area contributed by atoms with Gasteiger partial charge in [0.1, 0.15) is 47.0 Å². The van der Waals surface area contributed by atoms with Gasteiger partial charge in [0, 0.05) is 121 Å². The van der Waals surface area contributed by atoms with E-state index in [1.54, 1.807) is 144 Å². The summed E-state index contributed by atoms with van der Waals surface area (Å²) in [7, 11) is 4.65. The van der Waals surface area contributed by atoms with Crippen LogP contribution >= 0.6 is 0 Å². The molecule has 4 heterocycles. The van der Waals surface area contributed by atoms with Crippen LogP contribution in [-0.2, 0) is 64.3 Å². The molecule has 126 heavy (non-hydrogen) atoms. The highest BCUT2D eigenvalue weighted by Crippen LogP contribution is 2.37. The Kier molecular flexibility index (Phi) is 29.9. The number of nitrogens with zero attached hydrogens (tertiary/aromatic N) is 4. The van der Waals surface area contributed by atoms with E-state index in [0.717, 1.165) is 62.5 Å². The van der Waals surface area contributed by atoms with Gasteiger partial charge in [0.25, 0.3) is 17.7 Å². The van der Waals surface area contributed by atoms with Crippen molar-refractivity contribution in [3.8, 4) is 33.4 Å². The number of alkyl carbamates (subject to hydrolysis) is 1.